The number of pyridine rings is 2. The number of piperidine rings is 1. The molecule has 1 N–H and O–H groups in total. The number of nitrogens with zero attached hydrogens (tertiary/aromatic N) is 3. The number of fused-ring (bicyclic) bond motifs is 4. The Hall–Kier alpha value is -1.90. The highest BCUT2D eigenvalue weighted by Gasteiger charge is 2.35. The fourth-order valence-electron chi connectivity index (χ4n) is 3.89. The number of carbonyl (C=O) groups excluding carboxylic acids is 1. The van der Waals surface area contributed by atoms with Crippen LogP contribution in [0.5, 0.6) is 0 Å². The molecule has 2 aliphatic heterocycles. The Morgan fingerprint density at radius 3 is 2.93 bits per heavy atom. The van der Waals surface area contributed by atoms with Crippen molar-refractivity contribution in [3.8, 4) is 0 Å². The summed E-state index contributed by atoms with van der Waals surface area (Å²) in [5.41, 5.74) is 1.16. The van der Waals surface area contributed by atoms with E-state index in [1.807, 2.05) is 16.7 Å². The van der Waals surface area contributed by atoms with Crippen LogP contribution in [0.4, 0.5) is 5.82 Å². The summed E-state index contributed by atoms with van der Waals surface area (Å²) >= 11 is 12.7. The molecule has 0 aromatic carbocycles. The third kappa shape index (κ3) is 4.24. The summed E-state index contributed by atoms with van der Waals surface area (Å²) in [5.74, 6) is 1.24. The van der Waals surface area contributed by atoms with E-state index in [2.05, 4.69) is 15.2 Å². The lowest BCUT2D eigenvalue weighted by atomic mass is 9.83. The molecule has 0 unspecified atom stereocenters. The molecule has 1 fully saturated rings. The summed E-state index contributed by atoms with van der Waals surface area (Å²) in [6, 6.07) is 8.83. The molecule has 0 spiro atoms. The third-order valence-electron chi connectivity index (χ3n) is 5.06. The number of hydrogen-bond acceptors (Lipinski definition) is 5. The van der Waals surface area contributed by atoms with Gasteiger partial charge in [0, 0.05) is 43.5 Å². The maximum atomic E-state index is 12.2. The van der Waals surface area contributed by atoms with Crippen molar-refractivity contribution in [3.63, 3.8) is 0 Å². The number of rotatable bonds is 3. The van der Waals surface area contributed by atoms with Crippen LogP contribution >= 0.6 is 35.6 Å². The molecular weight excluding hydrogens is 416 g/mol. The summed E-state index contributed by atoms with van der Waals surface area (Å²) in [4.78, 5) is 30.5. The minimum absolute atomic E-state index is 0.0741. The van der Waals surface area contributed by atoms with Gasteiger partial charge in [-0.05, 0) is 30.5 Å². The van der Waals surface area contributed by atoms with Gasteiger partial charge >= 0.3 is 0 Å². The molecule has 146 valence electrons. The molecule has 2 bridgehead atoms. The van der Waals surface area contributed by atoms with Crippen molar-refractivity contribution >= 4 is 51.6 Å². The van der Waals surface area contributed by atoms with Gasteiger partial charge in [-0.25, -0.2) is 4.98 Å². The summed E-state index contributed by atoms with van der Waals surface area (Å²) in [6.07, 6.45) is 2.57. The van der Waals surface area contributed by atoms with Gasteiger partial charge in [-0.2, -0.15) is 0 Å². The summed E-state index contributed by atoms with van der Waals surface area (Å²) in [7, 11) is 0. The van der Waals surface area contributed by atoms with Crippen LogP contribution in [0.3, 0.4) is 0 Å². The van der Waals surface area contributed by atoms with E-state index in [1.54, 1.807) is 18.2 Å². The van der Waals surface area contributed by atoms with Gasteiger partial charge in [-0.15, -0.1) is 0 Å². The number of nitrogens with one attached hydrogen (secondary N) is 1. The largest absolute Gasteiger partial charge is 0.356 e. The third-order valence-corrected chi connectivity index (χ3v) is 6.81. The van der Waals surface area contributed by atoms with E-state index in [4.69, 9.17) is 23.8 Å². The lowest BCUT2D eigenvalue weighted by Crippen LogP contribution is -2.48. The van der Waals surface area contributed by atoms with Crippen molar-refractivity contribution in [1.82, 2.24) is 14.5 Å². The second-order valence-corrected chi connectivity index (χ2v) is 9.11. The van der Waals surface area contributed by atoms with Gasteiger partial charge in [-0.1, -0.05) is 41.6 Å². The van der Waals surface area contributed by atoms with Gasteiger partial charge < -0.3 is 14.8 Å². The monoisotopic (exact) mass is 434 g/mol. The van der Waals surface area contributed by atoms with Crippen LogP contribution in [0.1, 0.15) is 18.0 Å². The van der Waals surface area contributed by atoms with Crippen LogP contribution in [0, 0.1) is 5.92 Å². The molecule has 1 saturated heterocycles. The van der Waals surface area contributed by atoms with Crippen LogP contribution in [-0.2, 0) is 11.3 Å². The van der Waals surface area contributed by atoms with Crippen LogP contribution in [0.25, 0.3) is 0 Å². The molecule has 9 heteroatoms. The lowest BCUT2D eigenvalue weighted by Gasteiger charge is -2.43. The SMILES string of the molecule is O=C(CSC(=S)N1C[C@H]2C[C@@H](C1)c1cccc(=O)n1C2)Nc1ccc(Cl)cn1. The molecule has 0 saturated carbocycles. The minimum atomic E-state index is -0.156. The van der Waals surface area contributed by atoms with Crippen LogP contribution in [-0.4, -0.2) is 43.5 Å². The maximum absolute atomic E-state index is 12.2. The van der Waals surface area contributed by atoms with E-state index in [0.29, 0.717) is 22.7 Å². The first-order valence-corrected chi connectivity index (χ1v) is 10.8. The van der Waals surface area contributed by atoms with Crippen molar-refractivity contribution in [1.29, 1.82) is 0 Å². The molecular formula is C19H19ClN4O2S2. The number of hydrogen-bond donors (Lipinski definition) is 1. The smallest absolute Gasteiger partial charge is 0.250 e. The predicted octanol–water partition coefficient (Wildman–Crippen LogP) is 2.97. The Morgan fingerprint density at radius 1 is 1.29 bits per heavy atom. The number of thioether (sulfide) groups is 1. The summed E-state index contributed by atoms with van der Waals surface area (Å²) in [5, 5.41) is 3.26. The molecule has 4 heterocycles. The van der Waals surface area contributed by atoms with E-state index < -0.39 is 0 Å². The number of carbonyl (C=O) groups is 1. The first kappa shape index (κ1) is 19.4. The zero-order valence-corrected chi connectivity index (χ0v) is 17.4. The molecule has 2 aromatic heterocycles. The first-order chi connectivity index (χ1) is 13.5. The molecule has 0 aliphatic carbocycles. The number of anilines is 1. The van der Waals surface area contributed by atoms with Gasteiger partial charge in [0.05, 0.1) is 10.8 Å². The van der Waals surface area contributed by atoms with Crippen LogP contribution in [0.15, 0.2) is 41.3 Å². The highest BCUT2D eigenvalue weighted by Crippen LogP contribution is 2.36. The van der Waals surface area contributed by atoms with Gasteiger partial charge in [0.15, 0.2) is 0 Å². The van der Waals surface area contributed by atoms with Gasteiger partial charge in [-0.3, -0.25) is 9.59 Å². The molecule has 1 amide bonds. The average molecular weight is 435 g/mol. The Bertz CT molecular complexity index is 963. The molecule has 6 nitrogen and oxygen atoms in total. The topological polar surface area (TPSA) is 67.2 Å². The molecule has 4 rings (SSSR count). The van der Waals surface area contributed by atoms with Gasteiger partial charge in [0.1, 0.15) is 10.1 Å². The Morgan fingerprint density at radius 2 is 2.14 bits per heavy atom. The quantitative estimate of drug-likeness (QED) is 0.749. The van der Waals surface area contributed by atoms with E-state index in [9.17, 15) is 9.59 Å². The first-order valence-electron chi connectivity index (χ1n) is 9.02. The summed E-state index contributed by atoms with van der Waals surface area (Å²) in [6.45, 7) is 2.34. The average Bonchev–Trinajstić information content (AvgIpc) is 2.68. The van der Waals surface area contributed by atoms with Crippen molar-refractivity contribution < 1.29 is 4.79 Å². The predicted molar refractivity (Wildman–Crippen MR) is 116 cm³/mol. The zero-order chi connectivity index (χ0) is 19.7. The van der Waals surface area contributed by atoms with E-state index in [-0.39, 0.29) is 17.2 Å². The van der Waals surface area contributed by atoms with Crippen molar-refractivity contribution in [2.45, 2.75) is 18.9 Å². The molecule has 0 radical (unpaired) electrons. The minimum Gasteiger partial charge on any atom is -0.356 e. The normalized spacial score (nSPS) is 20.4. The molecule has 2 aliphatic rings. The van der Waals surface area contributed by atoms with Gasteiger partial charge in [0.2, 0.25) is 5.91 Å². The number of likely N-dealkylation sites (tertiary alicyclic amines) is 1. The lowest BCUT2D eigenvalue weighted by molar-refractivity contribution is -0.113. The van der Waals surface area contributed by atoms with E-state index >= 15 is 0 Å². The zero-order valence-electron chi connectivity index (χ0n) is 15.0. The standard InChI is InChI=1S/C19H19ClN4O2S2/c20-14-4-5-16(21-7-14)22-17(25)11-28-19(27)23-8-12-6-13(10-23)15-2-1-3-18(26)24(15)9-12/h1-5,7,12-13H,6,8-11H2,(H,21,22,25)/t12-,13+/m1/s1. The van der Waals surface area contributed by atoms with Crippen molar-refractivity contribution in [2.24, 2.45) is 5.92 Å². The second-order valence-electron chi connectivity index (χ2n) is 7.07. The second kappa shape index (κ2) is 8.23. The number of thiocarbonyl (C=S) groups is 1. The fourth-order valence-corrected chi connectivity index (χ4v) is 4.99. The van der Waals surface area contributed by atoms with Gasteiger partial charge in [0.25, 0.3) is 5.56 Å². The molecule has 28 heavy (non-hydrogen) atoms. The molecule has 2 atom stereocenters. The Labute approximate surface area is 177 Å². The Balaban J connectivity index is 1.34. The Kier molecular flexibility index (Phi) is 5.70. The highest BCUT2D eigenvalue weighted by atomic mass is 35.5. The van der Waals surface area contributed by atoms with Crippen molar-refractivity contribution in [2.75, 3.05) is 24.2 Å². The molecule has 2 aromatic rings. The van der Waals surface area contributed by atoms with Crippen LogP contribution in [0.2, 0.25) is 5.02 Å². The number of aromatic nitrogens is 2. The summed E-state index contributed by atoms with van der Waals surface area (Å²) < 4.78 is 2.62. The van der Waals surface area contributed by atoms with Crippen LogP contribution < -0.4 is 10.9 Å². The van der Waals surface area contributed by atoms with E-state index in [1.165, 1.54) is 18.0 Å². The van der Waals surface area contributed by atoms with Crippen molar-refractivity contribution in [3.05, 3.63) is 57.6 Å². The highest BCUT2D eigenvalue weighted by molar-refractivity contribution is 8.23. The van der Waals surface area contributed by atoms with E-state index in [0.717, 1.165) is 36.1 Å². The number of halogens is 1. The maximum Gasteiger partial charge on any atom is 0.250 e. The number of amides is 1. The fraction of sp³-hybridized carbons (Fsp3) is 0.368.